The molecule has 1 aromatic heterocycles. The zero-order valence-electron chi connectivity index (χ0n) is 14.2. The highest BCUT2D eigenvalue weighted by Gasteiger charge is 2.25. The van der Waals surface area contributed by atoms with Crippen LogP contribution in [0, 0.1) is 0 Å². The lowest BCUT2D eigenvalue weighted by molar-refractivity contribution is -0.131. The highest BCUT2D eigenvalue weighted by atomic mass is 16.2. The molecular weight excluding hydrogens is 300 g/mol. The van der Waals surface area contributed by atoms with Crippen LogP contribution in [0.3, 0.4) is 0 Å². The summed E-state index contributed by atoms with van der Waals surface area (Å²) in [5, 5.41) is 7.10. The number of H-pyrrole nitrogens is 1. The van der Waals surface area contributed by atoms with Gasteiger partial charge in [0.1, 0.15) is 0 Å². The van der Waals surface area contributed by atoms with Gasteiger partial charge in [-0.3, -0.25) is 9.89 Å². The predicted molar refractivity (Wildman–Crippen MR) is 93.9 cm³/mol. The molecule has 1 aromatic carbocycles. The molecule has 4 rings (SSSR count). The minimum atomic E-state index is 0.247. The Morgan fingerprint density at radius 1 is 1.29 bits per heavy atom. The fourth-order valence-electron chi connectivity index (χ4n) is 3.91. The lowest BCUT2D eigenvalue weighted by atomic mass is 9.96. The molecule has 0 fully saturated rings. The van der Waals surface area contributed by atoms with E-state index in [0.717, 1.165) is 37.9 Å². The number of aromatic nitrogens is 2. The van der Waals surface area contributed by atoms with Gasteiger partial charge in [0.25, 0.3) is 0 Å². The number of hydrogen-bond acceptors (Lipinski definition) is 3. The van der Waals surface area contributed by atoms with E-state index in [0.29, 0.717) is 19.0 Å². The summed E-state index contributed by atoms with van der Waals surface area (Å²) in [7, 11) is 0. The first-order valence-corrected chi connectivity index (χ1v) is 8.86. The molecule has 24 heavy (non-hydrogen) atoms. The maximum Gasteiger partial charge on any atom is 0.224 e. The summed E-state index contributed by atoms with van der Waals surface area (Å²) >= 11 is 0. The van der Waals surface area contributed by atoms with Crippen LogP contribution in [-0.4, -0.2) is 40.1 Å². The van der Waals surface area contributed by atoms with Gasteiger partial charge in [-0.1, -0.05) is 18.2 Å². The number of carbonyl (C=O) groups is 1. The summed E-state index contributed by atoms with van der Waals surface area (Å²) in [6, 6.07) is 9.09. The van der Waals surface area contributed by atoms with Crippen LogP contribution in [-0.2, 0) is 24.2 Å². The number of nitrogens with one attached hydrogen (secondary N) is 1. The second kappa shape index (κ2) is 6.30. The number of aryl methyl sites for hydroxylation is 1. The number of carbonyl (C=O) groups excluding carboxylic acids is 1. The van der Waals surface area contributed by atoms with Crippen molar-refractivity contribution in [3.8, 4) is 0 Å². The van der Waals surface area contributed by atoms with E-state index in [4.69, 9.17) is 0 Å². The van der Waals surface area contributed by atoms with Gasteiger partial charge in [-0.15, -0.1) is 0 Å². The number of benzene rings is 1. The number of amides is 1. The van der Waals surface area contributed by atoms with E-state index >= 15 is 0 Å². The fourth-order valence-corrected chi connectivity index (χ4v) is 3.91. The molecule has 1 N–H and O–H groups in total. The first-order valence-electron chi connectivity index (χ1n) is 8.86. The number of anilines is 1. The highest BCUT2D eigenvalue weighted by molar-refractivity contribution is 5.77. The number of hydrogen-bond donors (Lipinski definition) is 1. The van der Waals surface area contributed by atoms with Gasteiger partial charge in [0.15, 0.2) is 0 Å². The molecule has 2 aliphatic rings. The monoisotopic (exact) mass is 324 g/mol. The zero-order chi connectivity index (χ0) is 16.5. The van der Waals surface area contributed by atoms with Crippen molar-refractivity contribution >= 4 is 11.6 Å². The van der Waals surface area contributed by atoms with Crippen LogP contribution >= 0.6 is 0 Å². The molecule has 2 aliphatic heterocycles. The largest absolute Gasteiger partial charge is 0.368 e. The Morgan fingerprint density at radius 3 is 3.08 bits per heavy atom. The predicted octanol–water partition coefficient (Wildman–Crippen LogP) is 2.53. The third-order valence-electron chi connectivity index (χ3n) is 5.38. The van der Waals surface area contributed by atoms with Crippen molar-refractivity contribution in [2.75, 3.05) is 18.0 Å². The van der Waals surface area contributed by atoms with E-state index < -0.39 is 0 Å². The first-order chi connectivity index (χ1) is 11.7. The Kier molecular flexibility index (Phi) is 4.00. The second-order valence-electron chi connectivity index (χ2n) is 6.90. The van der Waals surface area contributed by atoms with Gasteiger partial charge in [-0.05, 0) is 31.4 Å². The second-order valence-corrected chi connectivity index (χ2v) is 6.90. The van der Waals surface area contributed by atoms with Gasteiger partial charge in [0.05, 0.1) is 6.20 Å². The van der Waals surface area contributed by atoms with Gasteiger partial charge in [0, 0.05) is 55.5 Å². The SMILES string of the molecule is C[C@H]1CCc2ccccc2N1CCC(=O)N1CCc2[nH]ncc2C1. The third-order valence-corrected chi connectivity index (χ3v) is 5.38. The molecule has 2 aromatic rings. The van der Waals surface area contributed by atoms with Crippen LogP contribution in [0.15, 0.2) is 30.5 Å². The molecule has 0 spiro atoms. The Hall–Kier alpha value is -2.30. The van der Waals surface area contributed by atoms with E-state index in [1.807, 2.05) is 11.1 Å². The van der Waals surface area contributed by atoms with Crippen LogP contribution in [0.5, 0.6) is 0 Å². The molecule has 0 unspecified atom stereocenters. The molecule has 5 nitrogen and oxygen atoms in total. The van der Waals surface area contributed by atoms with Gasteiger partial charge in [0.2, 0.25) is 5.91 Å². The normalized spacial score (nSPS) is 19.8. The van der Waals surface area contributed by atoms with Crippen LogP contribution in [0.2, 0.25) is 0 Å². The molecular formula is C19H24N4O. The molecule has 3 heterocycles. The van der Waals surface area contributed by atoms with E-state index in [-0.39, 0.29) is 5.91 Å². The fraction of sp³-hybridized carbons (Fsp3) is 0.474. The minimum Gasteiger partial charge on any atom is -0.368 e. The number of rotatable bonds is 3. The summed E-state index contributed by atoms with van der Waals surface area (Å²) in [5.74, 6) is 0.247. The van der Waals surface area contributed by atoms with Crippen molar-refractivity contribution in [2.24, 2.45) is 0 Å². The molecule has 0 aliphatic carbocycles. The van der Waals surface area contributed by atoms with Gasteiger partial charge < -0.3 is 9.80 Å². The van der Waals surface area contributed by atoms with Crippen molar-refractivity contribution < 1.29 is 4.79 Å². The Morgan fingerprint density at radius 2 is 2.17 bits per heavy atom. The summed E-state index contributed by atoms with van der Waals surface area (Å²) in [5.41, 5.74) is 5.05. The van der Waals surface area contributed by atoms with Crippen molar-refractivity contribution in [1.29, 1.82) is 0 Å². The molecule has 5 heteroatoms. The summed E-state index contributed by atoms with van der Waals surface area (Å²) in [6.45, 7) is 4.54. The quantitative estimate of drug-likeness (QED) is 0.944. The molecule has 0 saturated carbocycles. The lowest BCUT2D eigenvalue weighted by Gasteiger charge is -2.37. The minimum absolute atomic E-state index is 0.247. The third kappa shape index (κ3) is 2.79. The number of aromatic amines is 1. The number of fused-ring (bicyclic) bond motifs is 2. The highest BCUT2D eigenvalue weighted by Crippen LogP contribution is 2.30. The maximum absolute atomic E-state index is 12.7. The van der Waals surface area contributed by atoms with E-state index in [1.54, 1.807) is 0 Å². The lowest BCUT2D eigenvalue weighted by Crippen LogP contribution is -2.41. The summed E-state index contributed by atoms with van der Waals surface area (Å²) in [6.07, 6.45) is 5.60. The first kappa shape index (κ1) is 15.2. The zero-order valence-corrected chi connectivity index (χ0v) is 14.2. The average molecular weight is 324 g/mol. The maximum atomic E-state index is 12.7. The Balaban J connectivity index is 1.41. The standard InChI is InChI=1S/C19H24N4O/c1-14-6-7-15-4-2-3-5-18(15)23(14)11-9-19(24)22-10-8-17-16(13-22)12-20-21-17/h2-5,12,14H,6-11,13H2,1H3,(H,20,21)/t14-/m0/s1. The topological polar surface area (TPSA) is 52.2 Å². The Labute approximate surface area is 142 Å². The molecule has 0 bridgehead atoms. The number of nitrogens with zero attached hydrogens (tertiary/aromatic N) is 3. The van der Waals surface area contributed by atoms with Crippen molar-refractivity contribution in [3.63, 3.8) is 0 Å². The molecule has 126 valence electrons. The van der Waals surface area contributed by atoms with Crippen molar-refractivity contribution in [3.05, 3.63) is 47.3 Å². The molecule has 0 saturated heterocycles. The van der Waals surface area contributed by atoms with E-state index in [2.05, 4.69) is 46.3 Å². The Bertz CT molecular complexity index is 738. The van der Waals surface area contributed by atoms with Crippen molar-refractivity contribution in [1.82, 2.24) is 15.1 Å². The van der Waals surface area contributed by atoms with Crippen molar-refractivity contribution in [2.45, 2.75) is 45.2 Å². The summed E-state index contributed by atoms with van der Waals surface area (Å²) in [4.78, 5) is 17.0. The van der Waals surface area contributed by atoms with E-state index in [1.165, 1.54) is 16.9 Å². The van der Waals surface area contributed by atoms with Crippen LogP contribution in [0.25, 0.3) is 0 Å². The molecule has 1 atom stereocenters. The van der Waals surface area contributed by atoms with Gasteiger partial charge in [-0.25, -0.2) is 0 Å². The van der Waals surface area contributed by atoms with Gasteiger partial charge in [-0.2, -0.15) is 5.10 Å². The van der Waals surface area contributed by atoms with Crippen LogP contribution < -0.4 is 4.90 Å². The van der Waals surface area contributed by atoms with Crippen LogP contribution in [0.1, 0.15) is 36.6 Å². The van der Waals surface area contributed by atoms with Gasteiger partial charge >= 0.3 is 0 Å². The van der Waals surface area contributed by atoms with E-state index in [9.17, 15) is 4.79 Å². The smallest absolute Gasteiger partial charge is 0.224 e. The molecule has 0 radical (unpaired) electrons. The average Bonchev–Trinajstić information content (AvgIpc) is 3.08. The number of para-hydroxylation sites is 1. The summed E-state index contributed by atoms with van der Waals surface area (Å²) < 4.78 is 0. The van der Waals surface area contributed by atoms with Crippen LogP contribution in [0.4, 0.5) is 5.69 Å². The molecule has 1 amide bonds.